The first kappa shape index (κ1) is 13.5. The van der Waals surface area contributed by atoms with E-state index in [4.69, 9.17) is 21.1 Å². The van der Waals surface area contributed by atoms with Crippen molar-refractivity contribution < 1.29 is 9.47 Å². The Morgan fingerprint density at radius 3 is 3.00 bits per heavy atom. The van der Waals surface area contributed by atoms with Gasteiger partial charge < -0.3 is 14.8 Å². The SMILES string of the molecule is CSc1cccc(NCc2cc(Cl)c3c(c2)OCO3)c1. The zero-order valence-corrected chi connectivity index (χ0v) is 12.6. The molecule has 1 aliphatic rings. The van der Waals surface area contributed by atoms with E-state index in [-0.39, 0.29) is 6.79 Å². The van der Waals surface area contributed by atoms with Gasteiger partial charge in [0.15, 0.2) is 11.5 Å². The lowest BCUT2D eigenvalue weighted by atomic mass is 10.2. The van der Waals surface area contributed by atoms with Crippen molar-refractivity contribution in [3.8, 4) is 11.5 Å². The minimum atomic E-state index is 0.238. The second kappa shape index (κ2) is 5.85. The maximum Gasteiger partial charge on any atom is 0.231 e. The largest absolute Gasteiger partial charge is 0.454 e. The van der Waals surface area contributed by atoms with Crippen LogP contribution in [-0.4, -0.2) is 13.0 Å². The summed E-state index contributed by atoms with van der Waals surface area (Å²) < 4.78 is 10.7. The van der Waals surface area contributed by atoms with Crippen LogP contribution in [0.3, 0.4) is 0 Å². The number of rotatable bonds is 4. The van der Waals surface area contributed by atoms with E-state index in [1.807, 2.05) is 24.3 Å². The van der Waals surface area contributed by atoms with Crippen LogP contribution >= 0.6 is 23.4 Å². The van der Waals surface area contributed by atoms with E-state index in [1.165, 1.54) is 4.90 Å². The van der Waals surface area contributed by atoms with Crippen LogP contribution in [0, 0.1) is 0 Å². The molecule has 1 N–H and O–H groups in total. The minimum absolute atomic E-state index is 0.238. The van der Waals surface area contributed by atoms with Gasteiger partial charge in [0, 0.05) is 17.1 Å². The van der Waals surface area contributed by atoms with Gasteiger partial charge in [-0.25, -0.2) is 0 Å². The predicted octanol–water partition coefficient (Wildman–Crippen LogP) is 4.40. The van der Waals surface area contributed by atoms with E-state index < -0.39 is 0 Å². The fourth-order valence-corrected chi connectivity index (χ4v) is 2.81. The second-order valence-corrected chi connectivity index (χ2v) is 5.68. The molecule has 104 valence electrons. The molecule has 0 saturated heterocycles. The minimum Gasteiger partial charge on any atom is -0.454 e. The van der Waals surface area contributed by atoms with Gasteiger partial charge in [-0.2, -0.15) is 0 Å². The molecular formula is C15H14ClNO2S. The molecule has 1 aliphatic heterocycles. The Morgan fingerprint density at radius 1 is 1.25 bits per heavy atom. The van der Waals surface area contributed by atoms with Gasteiger partial charge in [0.05, 0.1) is 5.02 Å². The van der Waals surface area contributed by atoms with Gasteiger partial charge in [-0.05, 0) is 42.2 Å². The smallest absolute Gasteiger partial charge is 0.231 e. The molecule has 5 heteroatoms. The van der Waals surface area contributed by atoms with E-state index in [1.54, 1.807) is 11.8 Å². The summed E-state index contributed by atoms with van der Waals surface area (Å²) in [5.41, 5.74) is 2.15. The summed E-state index contributed by atoms with van der Waals surface area (Å²) in [4.78, 5) is 1.23. The lowest BCUT2D eigenvalue weighted by Gasteiger charge is -2.09. The highest BCUT2D eigenvalue weighted by Gasteiger charge is 2.18. The first-order valence-corrected chi connectivity index (χ1v) is 7.82. The molecule has 1 heterocycles. The van der Waals surface area contributed by atoms with Gasteiger partial charge in [0.25, 0.3) is 0 Å². The first-order valence-electron chi connectivity index (χ1n) is 6.22. The van der Waals surface area contributed by atoms with Gasteiger partial charge in [-0.15, -0.1) is 11.8 Å². The van der Waals surface area contributed by atoms with Crippen molar-refractivity contribution in [2.24, 2.45) is 0 Å². The molecule has 0 fully saturated rings. The van der Waals surface area contributed by atoms with Crippen LogP contribution in [0.5, 0.6) is 11.5 Å². The lowest BCUT2D eigenvalue weighted by Crippen LogP contribution is -1.99. The topological polar surface area (TPSA) is 30.5 Å². The third-order valence-electron chi connectivity index (χ3n) is 3.05. The Hall–Kier alpha value is -1.52. The van der Waals surface area contributed by atoms with Gasteiger partial charge in [0.2, 0.25) is 6.79 Å². The fourth-order valence-electron chi connectivity index (χ4n) is 2.06. The van der Waals surface area contributed by atoms with E-state index in [0.717, 1.165) is 11.3 Å². The molecule has 3 rings (SSSR count). The average Bonchev–Trinajstić information content (AvgIpc) is 2.94. The third-order valence-corrected chi connectivity index (χ3v) is 4.06. The van der Waals surface area contributed by atoms with Gasteiger partial charge in [-0.1, -0.05) is 17.7 Å². The van der Waals surface area contributed by atoms with Crippen LogP contribution in [-0.2, 0) is 6.54 Å². The zero-order valence-electron chi connectivity index (χ0n) is 11.0. The van der Waals surface area contributed by atoms with Crippen LogP contribution in [0.2, 0.25) is 5.02 Å². The number of benzene rings is 2. The van der Waals surface area contributed by atoms with Crippen molar-refractivity contribution in [3.05, 3.63) is 47.0 Å². The third kappa shape index (κ3) is 2.81. The summed E-state index contributed by atoms with van der Waals surface area (Å²) in [6, 6.07) is 12.2. The molecule has 0 atom stereocenters. The van der Waals surface area contributed by atoms with Crippen LogP contribution in [0.15, 0.2) is 41.3 Å². The highest BCUT2D eigenvalue weighted by atomic mass is 35.5. The van der Waals surface area contributed by atoms with Crippen molar-refractivity contribution in [2.45, 2.75) is 11.4 Å². The number of thioether (sulfide) groups is 1. The Morgan fingerprint density at radius 2 is 2.15 bits per heavy atom. The molecule has 3 nitrogen and oxygen atoms in total. The molecule has 0 amide bonds. The predicted molar refractivity (Wildman–Crippen MR) is 83.1 cm³/mol. The molecular weight excluding hydrogens is 294 g/mol. The van der Waals surface area contributed by atoms with Crippen LogP contribution in [0.25, 0.3) is 0 Å². The summed E-state index contributed by atoms with van der Waals surface area (Å²) >= 11 is 7.89. The number of halogens is 1. The highest BCUT2D eigenvalue weighted by molar-refractivity contribution is 7.98. The summed E-state index contributed by atoms with van der Waals surface area (Å²) in [7, 11) is 0. The molecule has 0 spiro atoms. The maximum atomic E-state index is 6.17. The standard InChI is InChI=1S/C15H14ClNO2S/c1-20-12-4-2-3-11(7-12)17-8-10-5-13(16)15-14(6-10)18-9-19-15/h2-7,17H,8-9H2,1H3. The number of nitrogens with one attached hydrogen (secondary N) is 1. The van der Waals surface area contributed by atoms with E-state index >= 15 is 0 Å². The summed E-state index contributed by atoms with van der Waals surface area (Å²) in [6.45, 7) is 0.926. The summed E-state index contributed by atoms with van der Waals surface area (Å²) in [5, 5.41) is 3.98. The zero-order chi connectivity index (χ0) is 13.9. The lowest BCUT2D eigenvalue weighted by molar-refractivity contribution is 0.174. The van der Waals surface area contributed by atoms with Crippen molar-refractivity contribution in [1.29, 1.82) is 0 Å². The highest BCUT2D eigenvalue weighted by Crippen LogP contribution is 2.39. The Labute approximate surface area is 127 Å². The monoisotopic (exact) mass is 307 g/mol. The normalized spacial score (nSPS) is 12.5. The van der Waals surface area contributed by atoms with Crippen molar-refractivity contribution in [1.82, 2.24) is 0 Å². The Balaban J connectivity index is 1.73. The molecule has 0 aliphatic carbocycles. The average molecular weight is 308 g/mol. The molecule has 20 heavy (non-hydrogen) atoms. The number of fused-ring (bicyclic) bond motifs is 1. The van der Waals surface area contributed by atoms with E-state index in [9.17, 15) is 0 Å². The molecule has 0 aromatic heterocycles. The molecule has 2 aromatic rings. The maximum absolute atomic E-state index is 6.17. The van der Waals surface area contributed by atoms with Crippen LogP contribution in [0.4, 0.5) is 5.69 Å². The van der Waals surface area contributed by atoms with Crippen molar-refractivity contribution in [3.63, 3.8) is 0 Å². The fraction of sp³-hybridized carbons (Fsp3) is 0.200. The number of ether oxygens (including phenoxy) is 2. The van der Waals surface area contributed by atoms with E-state index in [2.05, 4.69) is 23.7 Å². The van der Waals surface area contributed by atoms with Crippen LogP contribution in [0.1, 0.15) is 5.56 Å². The quantitative estimate of drug-likeness (QED) is 0.848. The van der Waals surface area contributed by atoms with Gasteiger partial charge >= 0.3 is 0 Å². The molecule has 0 radical (unpaired) electrons. The molecule has 0 unspecified atom stereocenters. The van der Waals surface area contributed by atoms with E-state index in [0.29, 0.717) is 23.1 Å². The second-order valence-electron chi connectivity index (χ2n) is 4.40. The number of anilines is 1. The number of hydrogen-bond acceptors (Lipinski definition) is 4. The number of hydrogen-bond donors (Lipinski definition) is 1. The van der Waals surface area contributed by atoms with Gasteiger partial charge in [0.1, 0.15) is 0 Å². The summed E-state index contributed by atoms with van der Waals surface area (Å²) in [6.07, 6.45) is 2.07. The molecule has 2 aromatic carbocycles. The van der Waals surface area contributed by atoms with Crippen LogP contribution < -0.4 is 14.8 Å². The first-order chi connectivity index (χ1) is 9.76. The Kier molecular flexibility index (Phi) is 3.94. The summed E-state index contributed by atoms with van der Waals surface area (Å²) in [5.74, 6) is 1.35. The molecule has 0 saturated carbocycles. The van der Waals surface area contributed by atoms with Crippen molar-refractivity contribution in [2.75, 3.05) is 18.4 Å². The van der Waals surface area contributed by atoms with Crippen molar-refractivity contribution >= 4 is 29.1 Å². The Bertz CT molecular complexity index is 633. The van der Waals surface area contributed by atoms with Gasteiger partial charge in [-0.3, -0.25) is 0 Å². The molecule has 0 bridgehead atoms.